The molecule has 0 aliphatic carbocycles. The molecule has 2 fully saturated rings. The molecule has 0 unspecified atom stereocenters. The number of likely N-dealkylation sites (N-methyl/N-ethyl adjacent to an activating group) is 1. The first-order valence-electron chi connectivity index (χ1n) is 7.65. The van der Waals surface area contributed by atoms with Gasteiger partial charge in [0.05, 0.1) is 17.7 Å². The van der Waals surface area contributed by atoms with E-state index in [0.29, 0.717) is 11.7 Å². The highest BCUT2D eigenvalue weighted by Gasteiger charge is 2.44. The van der Waals surface area contributed by atoms with Crippen LogP contribution in [0.3, 0.4) is 0 Å². The van der Waals surface area contributed by atoms with Crippen molar-refractivity contribution in [2.24, 2.45) is 0 Å². The van der Waals surface area contributed by atoms with Crippen molar-refractivity contribution in [2.75, 3.05) is 33.3 Å². The number of ether oxygens (including phenoxy) is 1. The third-order valence-electron chi connectivity index (χ3n) is 4.93. The number of thiazole rings is 1. The highest BCUT2D eigenvalue weighted by atomic mass is 32.1. The topological polar surface area (TPSA) is 45.7 Å². The molecule has 3 rings (SSSR count). The molecule has 116 valence electrons. The third-order valence-corrected chi connectivity index (χ3v) is 5.51. The molecular formula is C15H23N3O2S. The van der Waals surface area contributed by atoms with Crippen molar-refractivity contribution in [1.82, 2.24) is 14.8 Å². The highest BCUT2D eigenvalue weighted by Crippen LogP contribution is 2.37. The van der Waals surface area contributed by atoms with Gasteiger partial charge < -0.3 is 14.5 Å². The van der Waals surface area contributed by atoms with Crippen molar-refractivity contribution >= 4 is 17.2 Å². The van der Waals surface area contributed by atoms with Crippen molar-refractivity contribution in [2.45, 2.75) is 37.8 Å². The minimum absolute atomic E-state index is 0.00699. The molecule has 0 bridgehead atoms. The Kier molecular flexibility index (Phi) is 4.28. The Morgan fingerprint density at radius 1 is 1.57 bits per heavy atom. The zero-order valence-electron chi connectivity index (χ0n) is 12.7. The van der Waals surface area contributed by atoms with Crippen molar-refractivity contribution < 1.29 is 9.53 Å². The van der Waals surface area contributed by atoms with Crippen LogP contribution in [-0.2, 0) is 4.74 Å². The maximum Gasteiger partial charge on any atom is 0.273 e. The number of carbonyl (C=O) groups is 1. The van der Waals surface area contributed by atoms with E-state index in [9.17, 15) is 4.79 Å². The summed E-state index contributed by atoms with van der Waals surface area (Å²) in [7, 11) is 2.16. The molecule has 2 aliphatic heterocycles. The number of carbonyl (C=O) groups excluding carboxylic acids is 1. The van der Waals surface area contributed by atoms with E-state index in [1.807, 2.05) is 10.3 Å². The van der Waals surface area contributed by atoms with Crippen LogP contribution in [0.4, 0.5) is 0 Å². The van der Waals surface area contributed by atoms with Crippen LogP contribution in [0.5, 0.6) is 0 Å². The smallest absolute Gasteiger partial charge is 0.273 e. The first-order valence-corrected chi connectivity index (χ1v) is 8.59. The lowest BCUT2D eigenvalue weighted by atomic mass is 9.87. The lowest BCUT2D eigenvalue weighted by Crippen LogP contribution is -2.47. The minimum Gasteiger partial charge on any atom is -0.373 e. The number of nitrogens with zero attached hydrogens (tertiary/aromatic N) is 3. The number of hydrogen-bond donors (Lipinski definition) is 0. The molecule has 1 amide bonds. The van der Waals surface area contributed by atoms with Crippen LogP contribution in [-0.4, -0.2) is 65.6 Å². The van der Waals surface area contributed by atoms with Crippen LogP contribution in [0.15, 0.2) is 10.9 Å². The van der Waals surface area contributed by atoms with Crippen LogP contribution in [0.2, 0.25) is 0 Å². The summed E-state index contributed by atoms with van der Waals surface area (Å²) in [4.78, 5) is 20.7. The summed E-state index contributed by atoms with van der Waals surface area (Å²) in [5.41, 5.74) is 2.28. The van der Waals surface area contributed by atoms with Crippen molar-refractivity contribution in [1.29, 1.82) is 0 Å². The number of piperidine rings is 1. The van der Waals surface area contributed by atoms with Gasteiger partial charge in [0.25, 0.3) is 5.91 Å². The Morgan fingerprint density at radius 2 is 2.33 bits per heavy atom. The van der Waals surface area contributed by atoms with Crippen LogP contribution in [0.1, 0.15) is 36.7 Å². The van der Waals surface area contributed by atoms with E-state index < -0.39 is 0 Å². The fourth-order valence-electron chi connectivity index (χ4n) is 3.31. The van der Waals surface area contributed by atoms with E-state index in [4.69, 9.17) is 4.74 Å². The number of aromatic nitrogens is 1. The number of rotatable bonds is 3. The van der Waals surface area contributed by atoms with Gasteiger partial charge in [-0.05, 0) is 32.9 Å². The largest absolute Gasteiger partial charge is 0.373 e. The second-order valence-corrected chi connectivity index (χ2v) is 6.81. The predicted octanol–water partition coefficient (Wildman–Crippen LogP) is 1.86. The standard InChI is InChI=1S/C15H23N3O2S/c1-3-17(2)12-8-15(20-9-12)4-6-18(7-5-15)14(19)13-10-21-11-16-13/h10-12H,3-9H2,1-2H3/t12-/m0/s1. The fraction of sp³-hybridized carbons (Fsp3) is 0.733. The monoisotopic (exact) mass is 309 g/mol. The van der Waals surface area contributed by atoms with Gasteiger partial charge in [-0.1, -0.05) is 6.92 Å². The molecule has 2 saturated heterocycles. The molecule has 0 saturated carbocycles. The third kappa shape index (κ3) is 2.98. The summed E-state index contributed by atoms with van der Waals surface area (Å²) in [6.07, 6.45) is 2.98. The first-order chi connectivity index (χ1) is 10.1. The predicted molar refractivity (Wildman–Crippen MR) is 82.6 cm³/mol. The fourth-order valence-corrected chi connectivity index (χ4v) is 3.83. The molecule has 0 radical (unpaired) electrons. The zero-order valence-corrected chi connectivity index (χ0v) is 13.6. The van der Waals surface area contributed by atoms with Gasteiger partial charge in [0.2, 0.25) is 0 Å². The van der Waals surface area contributed by atoms with Gasteiger partial charge in [-0.25, -0.2) is 4.98 Å². The van der Waals surface area contributed by atoms with Crippen LogP contribution in [0, 0.1) is 0 Å². The van der Waals surface area contributed by atoms with Gasteiger partial charge in [0.15, 0.2) is 0 Å². The maximum absolute atomic E-state index is 12.3. The minimum atomic E-state index is -0.00699. The molecule has 0 aromatic carbocycles. The van der Waals surface area contributed by atoms with E-state index >= 15 is 0 Å². The average molecular weight is 309 g/mol. The van der Waals surface area contributed by atoms with E-state index in [2.05, 4.69) is 23.9 Å². The van der Waals surface area contributed by atoms with Crippen molar-refractivity contribution in [3.8, 4) is 0 Å². The first kappa shape index (κ1) is 14.9. The maximum atomic E-state index is 12.3. The molecule has 1 spiro atoms. The quantitative estimate of drug-likeness (QED) is 0.855. The molecule has 1 aromatic heterocycles. The Bertz CT molecular complexity index is 483. The molecule has 1 atom stereocenters. The van der Waals surface area contributed by atoms with E-state index in [1.54, 1.807) is 5.51 Å². The van der Waals surface area contributed by atoms with E-state index in [-0.39, 0.29) is 11.5 Å². The Labute approximate surface area is 129 Å². The number of hydrogen-bond acceptors (Lipinski definition) is 5. The summed E-state index contributed by atoms with van der Waals surface area (Å²) in [6, 6.07) is 0.524. The average Bonchev–Trinajstić information content (AvgIpc) is 3.17. The van der Waals surface area contributed by atoms with Crippen LogP contribution < -0.4 is 0 Å². The number of likely N-dealkylation sites (tertiary alicyclic amines) is 1. The summed E-state index contributed by atoms with van der Waals surface area (Å²) in [5.74, 6) is 0.0614. The van der Waals surface area contributed by atoms with Crippen LogP contribution >= 0.6 is 11.3 Å². The lowest BCUT2D eigenvalue weighted by molar-refractivity contribution is -0.0393. The normalized spacial score (nSPS) is 24.9. The summed E-state index contributed by atoms with van der Waals surface area (Å²) in [6.45, 7) is 5.61. The van der Waals surface area contributed by atoms with Gasteiger partial charge in [-0.15, -0.1) is 11.3 Å². The highest BCUT2D eigenvalue weighted by molar-refractivity contribution is 7.07. The summed E-state index contributed by atoms with van der Waals surface area (Å²) < 4.78 is 6.14. The molecule has 2 aliphatic rings. The van der Waals surface area contributed by atoms with Gasteiger partial charge in [0.1, 0.15) is 5.69 Å². The Balaban J connectivity index is 1.57. The van der Waals surface area contributed by atoms with E-state index in [1.165, 1.54) is 11.3 Å². The van der Waals surface area contributed by atoms with Crippen molar-refractivity contribution in [3.63, 3.8) is 0 Å². The molecule has 3 heterocycles. The van der Waals surface area contributed by atoms with E-state index in [0.717, 1.165) is 45.5 Å². The number of amides is 1. The summed E-state index contributed by atoms with van der Waals surface area (Å²) >= 11 is 1.47. The molecule has 1 aromatic rings. The van der Waals surface area contributed by atoms with Gasteiger partial charge in [0, 0.05) is 24.5 Å². The zero-order chi connectivity index (χ0) is 14.9. The Morgan fingerprint density at radius 3 is 2.95 bits per heavy atom. The molecule has 5 nitrogen and oxygen atoms in total. The van der Waals surface area contributed by atoms with Crippen LogP contribution in [0.25, 0.3) is 0 Å². The second-order valence-electron chi connectivity index (χ2n) is 6.09. The Hall–Kier alpha value is -0.980. The molecule has 21 heavy (non-hydrogen) atoms. The van der Waals surface area contributed by atoms with Crippen molar-refractivity contribution in [3.05, 3.63) is 16.6 Å². The van der Waals surface area contributed by atoms with Gasteiger partial charge in [-0.3, -0.25) is 4.79 Å². The van der Waals surface area contributed by atoms with Gasteiger partial charge >= 0.3 is 0 Å². The molecule has 0 N–H and O–H groups in total. The lowest BCUT2D eigenvalue weighted by Gasteiger charge is -2.38. The van der Waals surface area contributed by atoms with Gasteiger partial charge in [-0.2, -0.15) is 0 Å². The molecular weight excluding hydrogens is 286 g/mol. The summed E-state index contributed by atoms with van der Waals surface area (Å²) in [5, 5.41) is 1.82. The molecule has 6 heteroatoms. The SMILES string of the molecule is CCN(C)[C@@H]1COC2(CCN(C(=O)c3cscn3)CC2)C1. The second kappa shape index (κ2) is 6.02.